The molecular formula is C16H15FN4O2S. The van der Waals surface area contributed by atoms with Crippen LogP contribution in [0.2, 0.25) is 0 Å². The van der Waals surface area contributed by atoms with Crippen LogP contribution in [0.1, 0.15) is 17.4 Å². The highest BCUT2D eigenvalue weighted by Gasteiger charge is 2.32. The molecule has 3 aromatic rings. The van der Waals surface area contributed by atoms with Gasteiger partial charge in [0, 0.05) is 12.7 Å². The first-order chi connectivity index (χ1) is 11.6. The van der Waals surface area contributed by atoms with Crippen molar-refractivity contribution in [1.82, 2.24) is 14.8 Å². The highest BCUT2D eigenvalue weighted by molar-refractivity contribution is 7.22. The summed E-state index contributed by atoms with van der Waals surface area (Å²) in [5.74, 6) is -0.669. The molecule has 2 aromatic heterocycles. The Hall–Kier alpha value is -2.48. The third-order valence-corrected chi connectivity index (χ3v) is 4.98. The SMILES string of the molecule is CCn1ccc(C(=O)OC2CN(c3nc4ccc(F)cc4s3)C2)n1. The number of anilines is 1. The van der Waals surface area contributed by atoms with E-state index in [0.29, 0.717) is 25.3 Å². The molecule has 1 aliphatic rings. The molecule has 1 aliphatic heterocycles. The molecule has 1 aromatic carbocycles. The molecule has 0 radical (unpaired) electrons. The van der Waals surface area contributed by atoms with E-state index in [-0.39, 0.29) is 11.9 Å². The number of aryl methyl sites for hydroxylation is 1. The van der Waals surface area contributed by atoms with Gasteiger partial charge in [-0.15, -0.1) is 0 Å². The number of rotatable bonds is 4. The molecule has 0 spiro atoms. The van der Waals surface area contributed by atoms with Crippen LogP contribution >= 0.6 is 11.3 Å². The van der Waals surface area contributed by atoms with E-state index < -0.39 is 5.97 Å². The summed E-state index contributed by atoms with van der Waals surface area (Å²) in [5, 5.41) is 4.95. The van der Waals surface area contributed by atoms with Gasteiger partial charge in [0.2, 0.25) is 0 Å². The van der Waals surface area contributed by atoms with Crippen LogP contribution in [-0.4, -0.2) is 39.9 Å². The summed E-state index contributed by atoms with van der Waals surface area (Å²) in [5.41, 5.74) is 1.10. The van der Waals surface area contributed by atoms with Gasteiger partial charge in [-0.05, 0) is 31.2 Å². The summed E-state index contributed by atoms with van der Waals surface area (Å²) in [7, 11) is 0. The van der Waals surface area contributed by atoms with Crippen LogP contribution in [0.25, 0.3) is 10.2 Å². The van der Waals surface area contributed by atoms with Gasteiger partial charge in [-0.2, -0.15) is 5.10 Å². The van der Waals surface area contributed by atoms with Crippen molar-refractivity contribution in [3.63, 3.8) is 0 Å². The van der Waals surface area contributed by atoms with Crippen molar-refractivity contribution in [2.45, 2.75) is 19.6 Å². The number of carbonyl (C=O) groups is 1. The first-order valence-corrected chi connectivity index (χ1v) is 8.49. The molecule has 6 nitrogen and oxygen atoms in total. The number of thiazole rings is 1. The maximum Gasteiger partial charge on any atom is 0.359 e. The van der Waals surface area contributed by atoms with E-state index in [1.54, 1.807) is 23.0 Å². The van der Waals surface area contributed by atoms with E-state index in [2.05, 4.69) is 10.1 Å². The van der Waals surface area contributed by atoms with Crippen molar-refractivity contribution in [2.75, 3.05) is 18.0 Å². The van der Waals surface area contributed by atoms with Gasteiger partial charge >= 0.3 is 5.97 Å². The van der Waals surface area contributed by atoms with Gasteiger partial charge in [0.05, 0.1) is 23.3 Å². The van der Waals surface area contributed by atoms with Crippen molar-refractivity contribution in [3.8, 4) is 0 Å². The monoisotopic (exact) mass is 346 g/mol. The van der Waals surface area contributed by atoms with E-state index in [1.165, 1.54) is 23.5 Å². The first-order valence-electron chi connectivity index (χ1n) is 7.68. The van der Waals surface area contributed by atoms with Gasteiger partial charge in [-0.3, -0.25) is 4.68 Å². The molecule has 0 amide bonds. The summed E-state index contributed by atoms with van der Waals surface area (Å²) >= 11 is 1.44. The van der Waals surface area contributed by atoms with Gasteiger partial charge < -0.3 is 9.64 Å². The van der Waals surface area contributed by atoms with Crippen molar-refractivity contribution in [2.24, 2.45) is 0 Å². The number of hydrogen-bond acceptors (Lipinski definition) is 6. The number of ether oxygens (including phenoxy) is 1. The third kappa shape index (κ3) is 2.73. The third-order valence-electron chi connectivity index (χ3n) is 3.91. The fourth-order valence-electron chi connectivity index (χ4n) is 2.55. The largest absolute Gasteiger partial charge is 0.454 e. The number of fused-ring (bicyclic) bond motifs is 1. The van der Waals surface area contributed by atoms with Crippen molar-refractivity contribution < 1.29 is 13.9 Å². The Bertz CT molecular complexity index is 901. The number of aromatic nitrogens is 3. The lowest BCUT2D eigenvalue weighted by molar-refractivity contribution is 0.0226. The van der Waals surface area contributed by atoms with Crippen LogP contribution in [0.3, 0.4) is 0 Å². The minimum absolute atomic E-state index is 0.173. The van der Waals surface area contributed by atoms with Crippen LogP contribution < -0.4 is 4.90 Å². The number of nitrogens with zero attached hydrogens (tertiary/aromatic N) is 4. The zero-order valence-electron chi connectivity index (χ0n) is 13.0. The summed E-state index contributed by atoms with van der Waals surface area (Å²) in [6.45, 7) is 3.84. The Kier molecular flexibility index (Phi) is 3.68. The Labute approximate surface area is 141 Å². The van der Waals surface area contributed by atoms with E-state index in [0.717, 1.165) is 15.3 Å². The molecule has 0 atom stereocenters. The minimum atomic E-state index is -0.404. The number of carbonyl (C=O) groups excluding carboxylic acids is 1. The average molecular weight is 346 g/mol. The van der Waals surface area contributed by atoms with Crippen LogP contribution in [0.4, 0.5) is 9.52 Å². The molecule has 4 rings (SSSR count). The Morgan fingerprint density at radius 1 is 1.42 bits per heavy atom. The topological polar surface area (TPSA) is 60.2 Å². The predicted molar refractivity (Wildman–Crippen MR) is 88.9 cm³/mol. The zero-order valence-corrected chi connectivity index (χ0v) is 13.8. The molecule has 0 bridgehead atoms. The second-order valence-electron chi connectivity index (χ2n) is 5.60. The van der Waals surface area contributed by atoms with Crippen molar-refractivity contribution in [1.29, 1.82) is 0 Å². The van der Waals surface area contributed by atoms with E-state index in [4.69, 9.17) is 4.74 Å². The lowest BCUT2D eigenvalue weighted by atomic mass is 10.2. The summed E-state index contributed by atoms with van der Waals surface area (Å²) in [6.07, 6.45) is 1.58. The lowest BCUT2D eigenvalue weighted by Gasteiger charge is -2.37. The molecule has 1 fully saturated rings. The molecule has 0 saturated carbocycles. The Morgan fingerprint density at radius 2 is 2.25 bits per heavy atom. The van der Waals surface area contributed by atoms with Crippen LogP contribution in [-0.2, 0) is 11.3 Å². The smallest absolute Gasteiger partial charge is 0.359 e. The number of esters is 1. The lowest BCUT2D eigenvalue weighted by Crippen LogP contribution is -2.53. The predicted octanol–water partition coefficient (Wildman–Crippen LogP) is 2.70. The number of benzene rings is 1. The van der Waals surface area contributed by atoms with Gasteiger partial charge in [0.15, 0.2) is 10.8 Å². The standard InChI is InChI=1S/C16H15FN4O2S/c1-2-21-6-5-13(19-21)15(22)23-11-8-20(9-11)16-18-12-4-3-10(17)7-14(12)24-16/h3-7,11H,2,8-9H2,1H3. The highest BCUT2D eigenvalue weighted by Crippen LogP contribution is 2.32. The fraction of sp³-hybridized carbons (Fsp3) is 0.312. The van der Waals surface area contributed by atoms with Crippen LogP contribution in [0, 0.1) is 5.82 Å². The Balaban J connectivity index is 1.37. The van der Waals surface area contributed by atoms with E-state index >= 15 is 0 Å². The normalized spacial score (nSPS) is 14.8. The molecule has 24 heavy (non-hydrogen) atoms. The first kappa shape index (κ1) is 15.1. The van der Waals surface area contributed by atoms with Crippen molar-refractivity contribution in [3.05, 3.63) is 42.0 Å². The molecule has 1 saturated heterocycles. The quantitative estimate of drug-likeness (QED) is 0.680. The number of hydrogen-bond donors (Lipinski definition) is 0. The highest BCUT2D eigenvalue weighted by atomic mass is 32.1. The van der Waals surface area contributed by atoms with Crippen LogP contribution in [0.15, 0.2) is 30.5 Å². The maximum absolute atomic E-state index is 13.2. The summed E-state index contributed by atoms with van der Waals surface area (Å²) in [6, 6.07) is 6.22. The second kappa shape index (κ2) is 5.86. The van der Waals surface area contributed by atoms with Gasteiger partial charge in [-0.1, -0.05) is 11.3 Å². The van der Waals surface area contributed by atoms with Gasteiger partial charge in [0.1, 0.15) is 11.9 Å². The van der Waals surface area contributed by atoms with Gasteiger partial charge in [0.25, 0.3) is 0 Å². The van der Waals surface area contributed by atoms with Crippen LogP contribution in [0.5, 0.6) is 0 Å². The maximum atomic E-state index is 13.2. The fourth-order valence-corrected chi connectivity index (χ4v) is 3.56. The van der Waals surface area contributed by atoms with Gasteiger partial charge in [-0.25, -0.2) is 14.2 Å². The molecular weight excluding hydrogens is 331 g/mol. The molecule has 0 aliphatic carbocycles. The number of halogens is 1. The molecule has 124 valence electrons. The zero-order chi connectivity index (χ0) is 16.7. The molecule has 0 N–H and O–H groups in total. The van der Waals surface area contributed by atoms with E-state index in [9.17, 15) is 9.18 Å². The Morgan fingerprint density at radius 3 is 3.00 bits per heavy atom. The average Bonchev–Trinajstić information content (AvgIpc) is 3.16. The summed E-state index contributed by atoms with van der Waals surface area (Å²) < 4.78 is 21.2. The second-order valence-corrected chi connectivity index (χ2v) is 6.61. The summed E-state index contributed by atoms with van der Waals surface area (Å²) in [4.78, 5) is 18.5. The van der Waals surface area contributed by atoms with Crippen molar-refractivity contribution >= 4 is 32.7 Å². The molecule has 0 unspecified atom stereocenters. The molecule has 8 heteroatoms. The minimum Gasteiger partial charge on any atom is -0.454 e. The van der Waals surface area contributed by atoms with E-state index in [1.807, 2.05) is 11.8 Å². The molecule has 3 heterocycles.